The van der Waals surface area contributed by atoms with Gasteiger partial charge in [0, 0.05) is 28.6 Å². The Labute approximate surface area is 192 Å². The lowest BCUT2D eigenvalue weighted by molar-refractivity contribution is -0.577. The summed E-state index contributed by atoms with van der Waals surface area (Å²) in [6, 6.07) is 19.2. The van der Waals surface area contributed by atoms with Crippen molar-refractivity contribution in [3.05, 3.63) is 94.6 Å². The molecule has 5 nitrogen and oxygen atoms in total. The van der Waals surface area contributed by atoms with Crippen molar-refractivity contribution in [2.24, 2.45) is 0 Å². The molecule has 6 heteroatoms. The average molecular weight is 443 g/mol. The standard InChI is InChI=1S/C11H8N2.C10H9NO.C4H9NSi.CH4/c1-8-3-5-10-9(7-8)4-6-11(12-2)13-10;1-8-4-5-10-9(7-8)3-2-6-11(10)12;1-6(2,3)4-5;/h3-7H,1H3;2-7H,1H3;1-3H3;1H4. The van der Waals surface area contributed by atoms with Crippen LogP contribution in [-0.2, 0) is 0 Å². The van der Waals surface area contributed by atoms with Crippen LogP contribution >= 0.6 is 0 Å². The third kappa shape index (κ3) is 7.83. The molecule has 0 N–H and O–H groups in total. The van der Waals surface area contributed by atoms with Crippen molar-refractivity contribution in [3.8, 4) is 5.69 Å². The molecule has 0 atom stereocenters. The van der Waals surface area contributed by atoms with Crippen LogP contribution in [0.15, 0.2) is 66.9 Å². The number of benzene rings is 2. The van der Waals surface area contributed by atoms with Crippen molar-refractivity contribution in [3.63, 3.8) is 0 Å². The van der Waals surface area contributed by atoms with E-state index in [9.17, 15) is 5.21 Å². The van der Waals surface area contributed by atoms with Crippen molar-refractivity contribution in [1.29, 1.82) is 5.26 Å². The van der Waals surface area contributed by atoms with E-state index in [1.54, 1.807) is 12.1 Å². The van der Waals surface area contributed by atoms with Crippen LogP contribution < -0.4 is 4.73 Å². The predicted molar refractivity (Wildman–Crippen MR) is 136 cm³/mol. The van der Waals surface area contributed by atoms with Gasteiger partial charge in [-0.05, 0) is 44.2 Å². The summed E-state index contributed by atoms with van der Waals surface area (Å²) < 4.78 is 0.884. The second-order valence-corrected chi connectivity index (χ2v) is 13.0. The van der Waals surface area contributed by atoms with Crippen LogP contribution in [0.1, 0.15) is 18.6 Å². The first-order valence-corrected chi connectivity index (χ1v) is 13.4. The lowest BCUT2D eigenvalue weighted by atomic mass is 10.1. The van der Waals surface area contributed by atoms with Gasteiger partial charge in [0.15, 0.2) is 19.8 Å². The second kappa shape index (κ2) is 11.6. The highest BCUT2D eigenvalue weighted by Crippen LogP contribution is 2.17. The molecule has 164 valence electrons. The molecule has 4 rings (SSSR count). The number of aryl methyl sites for hydroxylation is 2. The van der Waals surface area contributed by atoms with Gasteiger partial charge < -0.3 is 10.1 Å². The van der Waals surface area contributed by atoms with Crippen LogP contribution in [0.3, 0.4) is 0 Å². The summed E-state index contributed by atoms with van der Waals surface area (Å²) in [6.07, 6.45) is 1.51. The van der Waals surface area contributed by atoms with E-state index >= 15 is 0 Å². The molecule has 0 amide bonds. The van der Waals surface area contributed by atoms with E-state index in [2.05, 4.69) is 21.6 Å². The molecule has 32 heavy (non-hydrogen) atoms. The van der Waals surface area contributed by atoms with Gasteiger partial charge in [0.1, 0.15) is 0 Å². The first-order valence-electron chi connectivity index (χ1n) is 9.87. The van der Waals surface area contributed by atoms with E-state index in [4.69, 9.17) is 11.8 Å². The molecule has 0 bridgehead atoms. The van der Waals surface area contributed by atoms with Gasteiger partial charge in [-0.25, -0.2) is 5.26 Å². The topological polar surface area (TPSA) is 68.0 Å². The maximum atomic E-state index is 11.2. The van der Waals surface area contributed by atoms with Gasteiger partial charge in [-0.1, -0.05) is 63.0 Å². The molecule has 0 aliphatic rings. The maximum absolute atomic E-state index is 11.2. The van der Waals surface area contributed by atoms with E-state index in [0.29, 0.717) is 5.82 Å². The van der Waals surface area contributed by atoms with Gasteiger partial charge in [-0.2, -0.15) is 4.73 Å². The Morgan fingerprint density at radius 2 is 1.56 bits per heavy atom. The van der Waals surface area contributed by atoms with Crippen LogP contribution in [-0.4, -0.2) is 13.1 Å². The Morgan fingerprint density at radius 1 is 0.969 bits per heavy atom. The Hall–Kier alpha value is -3.74. The minimum Gasteiger partial charge on any atom is -0.618 e. The molecule has 0 radical (unpaired) electrons. The first kappa shape index (κ1) is 26.3. The zero-order chi connectivity index (χ0) is 23.0. The number of hydrogen-bond donors (Lipinski definition) is 0. The summed E-state index contributed by atoms with van der Waals surface area (Å²) in [6.45, 7) is 16.9. The van der Waals surface area contributed by atoms with Crippen LogP contribution in [0.25, 0.3) is 26.7 Å². The maximum Gasteiger partial charge on any atom is 0.270 e. The summed E-state index contributed by atoms with van der Waals surface area (Å²) >= 11 is 0. The largest absolute Gasteiger partial charge is 0.618 e. The van der Waals surface area contributed by atoms with Gasteiger partial charge in [-0.3, -0.25) is 0 Å². The molecule has 0 unspecified atom stereocenters. The fourth-order valence-corrected chi connectivity index (χ4v) is 2.61. The van der Waals surface area contributed by atoms with Crippen LogP contribution in [0.2, 0.25) is 19.6 Å². The molecule has 0 saturated heterocycles. The molecule has 0 saturated carbocycles. The van der Waals surface area contributed by atoms with E-state index in [0.717, 1.165) is 26.5 Å². The minimum absolute atomic E-state index is 0. The van der Waals surface area contributed by atoms with E-state index in [1.165, 1.54) is 17.3 Å². The van der Waals surface area contributed by atoms with E-state index in [-0.39, 0.29) is 7.43 Å². The molecule has 2 heterocycles. The summed E-state index contributed by atoms with van der Waals surface area (Å²) in [7, 11) is -1.33. The Bertz CT molecular complexity index is 1280. The summed E-state index contributed by atoms with van der Waals surface area (Å²) in [5.74, 6) is 0.455. The van der Waals surface area contributed by atoms with Crippen molar-refractivity contribution in [2.75, 3.05) is 0 Å². The number of rotatable bonds is 0. The third-order valence-corrected chi connectivity index (χ3v) is 4.87. The molecule has 2 aromatic carbocycles. The van der Waals surface area contributed by atoms with Gasteiger partial charge in [0.25, 0.3) is 5.82 Å². The fourth-order valence-electron chi connectivity index (χ4n) is 2.61. The molecule has 0 fully saturated rings. The number of nitriles is 1. The quantitative estimate of drug-likeness (QED) is 0.129. The van der Waals surface area contributed by atoms with Crippen LogP contribution in [0.4, 0.5) is 5.82 Å². The fraction of sp³-hybridized carbons (Fsp3) is 0.231. The second-order valence-electron chi connectivity index (χ2n) is 8.24. The molecular formula is C26H30N4OSi. The Kier molecular flexibility index (Phi) is 9.53. The SMILES string of the molecule is C.C[Si](C)(C)C#N.Cc1ccc2c(ccc[n+]2[O-])c1.[C-]#[N+]c1ccc2cc(C)ccc2n1. The first-order chi connectivity index (χ1) is 14.6. The number of aromatic nitrogens is 2. The highest BCUT2D eigenvalue weighted by molar-refractivity contribution is 6.83. The van der Waals surface area contributed by atoms with Gasteiger partial charge in [0.05, 0.1) is 0 Å². The highest BCUT2D eigenvalue weighted by atomic mass is 28.3. The molecule has 0 aliphatic heterocycles. The number of fused-ring (bicyclic) bond motifs is 2. The van der Waals surface area contributed by atoms with Crippen LogP contribution in [0.5, 0.6) is 0 Å². The molecule has 4 aromatic rings. The summed E-state index contributed by atoms with van der Waals surface area (Å²) in [5, 5.41) is 21.5. The van der Waals surface area contributed by atoms with Gasteiger partial charge in [-0.15, -0.1) is 4.98 Å². The normalized spacial score (nSPS) is 9.84. The molecule has 0 aliphatic carbocycles. The molecular weight excluding hydrogens is 412 g/mol. The predicted octanol–water partition coefficient (Wildman–Crippen LogP) is 6.90. The van der Waals surface area contributed by atoms with E-state index in [1.807, 2.05) is 76.0 Å². The smallest absolute Gasteiger partial charge is 0.270 e. The zero-order valence-corrected chi connectivity index (χ0v) is 19.5. The highest BCUT2D eigenvalue weighted by Gasteiger charge is 2.09. The molecule has 0 spiro atoms. The minimum atomic E-state index is -1.33. The third-order valence-electron chi connectivity index (χ3n) is 4.20. The number of pyridine rings is 2. The summed E-state index contributed by atoms with van der Waals surface area (Å²) in [5.41, 5.74) is 6.24. The lowest BCUT2D eigenvalue weighted by Crippen LogP contribution is -2.25. The Morgan fingerprint density at radius 3 is 2.16 bits per heavy atom. The Balaban J connectivity index is 0.000000253. The lowest BCUT2D eigenvalue weighted by Gasteiger charge is -2.00. The summed E-state index contributed by atoms with van der Waals surface area (Å²) in [4.78, 5) is 7.46. The van der Waals surface area contributed by atoms with Crippen molar-refractivity contribution in [1.82, 2.24) is 4.98 Å². The zero-order valence-electron chi connectivity index (χ0n) is 18.5. The van der Waals surface area contributed by atoms with Crippen molar-refractivity contribution in [2.45, 2.75) is 40.9 Å². The monoisotopic (exact) mass is 442 g/mol. The van der Waals surface area contributed by atoms with E-state index < -0.39 is 8.07 Å². The molecule has 2 aromatic heterocycles. The number of hydrogen-bond acceptors (Lipinski definition) is 3. The van der Waals surface area contributed by atoms with Gasteiger partial charge in [0.2, 0.25) is 5.52 Å². The van der Waals surface area contributed by atoms with Gasteiger partial charge >= 0.3 is 0 Å². The van der Waals surface area contributed by atoms with Crippen molar-refractivity contribution < 1.29 is 4.73 Å². The van der Waals surface area contributed by atoms with Crippen molar-refractivity contribution >= 4 is 35.7 Å². The average Bonchev–Trinajstić information content (AvgIpc) is 2.74. The van der Waals surface area contributed by atoms with Crippen LogP contribution in [0, 0.1) is 36.6 Å². The number of nitrogens with zero attached hydrogens (tertiary/aromatic N) is 4.